The molecule has 3 heteroatoms. The van der Waals surface area contributed by atoms with Crippen molar-refractivity contribution >= 4 is 0 Å². The lowest BCUT2D eigenvalue weighted by Gasteiger charge is -2.16. The Morgan fingerprint density at radius 3 is 2.46 bits per heavy atom. The molecule has 0 aliphatic heterocycles. The Balaban J connectivity index is 3.32. The second-order valence-corrected chi connectivity index (χ2v) is 3.82. The molecule has 1 rings (SSSR count). The van der Waals surface area contributed by atoms with E-state index in [0.717, 1.165) is 5.69 Å². The van der Waals surface area contributed by atoms with Gasteiger partial charge in [0.15, 0.2) is 0 Å². The van der Waals surface area contributed by atoms with Crippen LogP contribution < -0.4 is 0 Å². The molecule has 0 saturated carbocycles. The molecule has 0 fully saturated rings. The average Bonchev–Trinajstić information content (AvgIpc) is 2.46. The van der Waals surface area contributed by atoms with Crippen LogP contribution in [0.1, 0.15) is 32.2 Å². The van der Waals surface area contributed by atoms with Gasteiger partial charge in [0.2, 0.25) is 6.19 Å². The predicted molar refractivity (Wildman–Crippen MR) is 49.9 cm³/mol. The molecule has 0 atom stereocenters. The molecule has 0 aliphatic carbocycles. The van der Waals surface area contributed by atoms with E-state index in [1.165, 1.54) is 4.68 Å². The molecule has 0 aromatic carbocycles. The van der Waals surface area contributed by atoms with Gasteiger partial charge in [-0.25, -0.2) is 0 Å². The van der Waals surface area contributed by atoms with Crippen LogP contribution in [0.5, 0.6) is 0 Å². The van der Waals surface area contributed by atoms with Gasteiger partial charge in [-0.2, -0.15) is 9.94 Å². The summed E-state index contributed by atoms with van der Waals surface area (Å²) in [5.41, 5.74) is 1.23. The van der Waals surface area contributed by atoms with Crippen LogP contribution in [0.3, 0.4) is 0 Å². The first-order chi connectivity index (χ1) is 5.99. The van der Waals surface area contributed by atoms with Crippen molar-refractivity contribution in [3.05, 3.63) is 17.5 Å². The van der Waals surface area contributed by atoms with Crippen LogP contribution in [0.4, 0.5) is 0 Å². The van der Waals surface area contributed by atoms with Crippen LogP contribution in [-0.4, -0.2) is 9.78 Å². The van der Waals surface area contributed by atoms with Crippen molar-refractivity contribution in [2.75, 3.05) is 0 Å². The van der Waals surface area contributed by atoms with E-state index >= 15 is 0 Å². The van der Waals surface area contributed by atoms with Crippen LogP contribution in [0.25, 0.3) is 0 Å². The topological polar surface area (TPSA) is 41.6 Å². The molecule has 3 nitrogen and oxygen atoms in total. The van der Waals surface area contributed by atoms with Gasteiger partial charge in [-0.05, 0) is 12.0 Å². The van der Waals surface area contributed by atoms with Gasteiger partial charge in [-0.3, -0.25) is 0 Å². The summed E-state index contributed by atoms with van der Waals surface area (Å²) in [5, 5.41) is 12.7. The lowest BCUT2D eigenvalue weighted by atomic mass is 9.92. The van der Waals surface area contributed by atoms with E-state index < -0.39 is 0 Å². The van der Waals surface area contributed by atoms with E-state index in [1.807, 2.05) is 27.0 Å². The van der Waals surface area contributed by atoms with Crippen LogP contribution in [0.15, 0.2) is 6.07 Å². The minimum absolute atomic E-state index is 0.113. The first-order valence-electron chi connectivity index (χ1n) is 3.96. The summed E-state index contributed by atoms with van der Waals surface area (Å²) in [5.74, 6) is 2.41. The normalized spacial score (nSPS) is 10.5. The molecule has 1 aromatic heterocycles. The first kappa shape index (κ1) is 9.35. The van der Waals surface area contributed by atoms with Crippen molar-refractivity contribution in [2.45, 2.75) is 26.2 Å². The molecular formula is C10H11N3. The van der Waals surface area contributed by atoms with Crippen LogP contribution in [0, 0.1) is 23.8 Å². The van der Waals surface area contributed by atoms with Gasteiger partial charge >= 0.3 is 0 Å². The highest BCUT2D eigenvalue weighted by Gasteiger charge is 2.20. The van der Waals surface area contributed by atoms with E-state index in [9.17, 15) is 0 Å². The molecule has 0 amide bonds. The lowest BCUT2D eigenvalue weighted by molar-refractivity contribution is 0.546. The fraction of sp³-hybridized carbons (Fsp3) is 0.400. The predicted octanol–water partition coefficient (Wildman–Crippen LogP) is 1.49. The molecule has 0 saturated heterocycles. The maximum Gasteiger partial charge on any atom is 0.206 e. The largest absolute Gasteiger partial charge is 0.206 e. The Morgan fingerprint density at radius 1 is 1.54 bits per heavy atom. The molecule has 1 aromatic rings. The maximum absolute atomic E-state index is 8.77. The van der Waals surface area contributed by atoms with Crippen molar-refractivity contribution in [2.24, 2.45) is 0 Å². The van der Waals surface area contributed by atoms with Crippen molar-refractivity contribution in [3.8, 4) is 18.5 Å². The van der Waals surface area contributed by atoms with E-state index in [4.69, 9.17) is 11.7 Å². The Bertz CT molecular complexity index is 393. The van der Waals surface area contributed by atoms with Gasteiger partial charge in [0, 0.05) is 5.41 Å². The summed E-state index contributed by atoms with van der Waals surface area (Å²) in [6, 6.07) is 1.77. The van der Waals surface area contributed by atoms with Crippen molar-refractivity contribution in [3.63, 3.8) is 0 Å². The zero-order valence-corrected chi connectivity index (χ0v) is 8.00. The lowest BCUT2D eigenvalue weighted by Crippen LogP contribution is -2.16. The van der Waals surface area contributed by atoms with Gasteiger partial charge in [0.25, 0.3) is 0 Å². The van der Waals surface area contributed by atoms with E-state index in [1.54, 1.807) is 6.07 Å². The zero-order valence-electron chi connectivity index (χ0n) is 8.00. The molecule has 0 N–H and O–H groups in total. The molecule has 0 radical (unpaired) electrons. The Kier molecular flexibility index (Phi) is 2.12. The number of nitrogens with zero attached hydrogens (tertiary/aromatic N) is 3. The highest BCUT2D eigenvalue weighted by Crippen LogP contribution is 2.22. The number of hydrogen-bond acceptors (Lipinski definition) is 2. The van der Waals surface area contributed by atoms with Crippen molar-refractivity contribution < 1.29 is 0 Å². The third kappa shape index (κ3) is 1.71. The standard InChI is InChI=1S/C10H11N3/c1-5-8-6-9(10(2,3)4)13(7-11)12-8/h1,6H,2-4H3. The Morgan fingerprint density at radius 2 is 2.15 bits per heavy atom. The number of hydrogen-bond donors (Lipinski definition) is 0. The average molecular weight is 173 g/mol. The van der Waals surface area contributed by atoms with Gasteiger partial charge in [-0.1, -0.05) is 20.8 Å². The molecule has 1 heterocycles. The third-order valence-electron chi connectivity index (χ3n) is 1.72. The maximum atomic E-state index is 8.77. The molecule has 0 bridgehead atoms. The SMILES string of the molecule is C#Cc1cc(C(C)(C)C)n(C#N)n1. The number of nitriles is 1. The molecule has 0 aliphatic rings. The van der Waals surface area contributed by atoms with E-state index in [2.05, 4.69) is 11.0 Å². The molecule has 66 valence electrons. The van der Waals surface area contributed by atoms with Gasteiger partial charge in [-0.15, -0.1) is 11.5 Å². The molecule has 13 heavy (non-hydrogen) atoms. The van der Waals surface area contributed by atoms with Gasteiger partial charge in [0.1, 0.15) is 5.69 Å². The highest BCUT2D eigenvalue weighted by atomic mass is 15.3. The Hall–Kier alpha value is -1.74. The zero-order chi connectivity index (χ0) is 10.1. The van der Waals surface area contributed by atoms with Crippen molar-refractivity contribution in [1.82, 2.24) is 9.78 Å². The molecule has 0 spiro atoms. The summed E-state index contributed by atoms with van der Waals surface area (Å²) in [4.78, 5) is 0. The van der Waals surface area contributed by atoms with E-state index in [0.29, 0.717) is 5.69 Å². The second-order valence-electron chi connectivity index (χ2n) is 3.82. The van der Waals surface area contributed by atoms with Gasteiger partial charge < -0.3 is 0 Å². The summed E-state index contributed by atoms with van der Waals surface area (Å²) >= 11 is 0. The first-order valence-corrected chi connectivity index (χ1v) is 3.96. The van der Waals surface area contributed by atoms with Gasteiger partial charge in [0.05, 0.1) is 5.69 Å². The Labute approximate surface area is 78.0 Å². The number of aromatic nitrogens is 2. The van der Waals surface area contributed by atoms with Crippen LogP contribution in [0.2, 0.25) is 0 Å². The summed E-state index contributed by atoms with van der Waals surface area (Å²) < 4.78 is 1.27. The van der Waals surface area contributed by atoms with Crippen molar-refractivity contribution in [1.29, 1.82) is 5.26 Å². The highest BCUT2D eigenvalue weighted by molar-refractivity contribution is 5.30. The fourth-order valence-electron chi connectivity index (χ4n) is 1.06. The minimum atomic E-state index is -0.113. The van der Waals surface area contributed by atoms with Crippen LogP contribution >= 0.6 is 0 Å². The summed E-state index contributed by atoms with van der Waals surface area (Å²) in [7, 11) is 0. The quantitative estimate of drug-likeness (QED) is 0.558. The summed E-state index contributed by atoms with van der Waals surface area (Å²) in [6.45, 7) is 6.04. The number of rotatable bonds is 0. The second kappa shape index (κ2) is 2.95. The monoisotopic (exact) mass is 173 g/mol. The molecular weight excluding hydrogens is 162 g/mol. The summed E-state index contributed by atoms with van der Waals surface area (Å²) in [6.07, 6.45) is 7.16. The molecule has 0 unspecified atom stereocenters. The van der Waals surface area contributed by atoms with Crippen LogP contribution in [-0.2, 0) is 5.41 Å². The number of terminal acetylenes is 1. The smallest absolute Gasteiger partial charge is 0.170 e. The fourth-order valence-corrected chi connectivity index (χ4v) is 1.06. The minimum Gasteiger partial charge on any atom is -0.170 e. The third-order valence-corrected chi connectivity index (χ3v) is 1.72. The van der Waals surface area contributed by atoms with E-state index in [-0.39, 0.29) is 5.41 Å².